The summed E-state index contributed by atoms with van der Waals surface area (Å²) in [6.45, 7) is 5.28. The molecular formula is C30H25ClF3N5O3. The van der Waals surface area contributed by atoms with E-state index in [4.69, 9.17) is 18.0 Å². The number of hydrogen-bond acceptors (Lipinski definition) is 6. The zero-order valence-electron chi connectivity index (χ0n) is 22.6. The molecule has 42 heavy (non-hydrogen) atoms. The van der Waals surface area contributed by atoms with Gasteiger partial charge in [-0.05, 0) is 60.8 Å². The molecule has 8 nitrogen and oxygen atoms in total. The Hall–Kier alpha value is -4.53. The van der Waals surface area contributed by atoms with Crippen LogP contribution < -0.4 is 9.96 Å². The van der Waals surface area contributed by atoms with E-state index in [0.717, 1.165) is 37.4 Å². The van der Waals surface area contributed by atoms with Crippen LogP contribution >= 0.6 is 11.6 Å². The summed E-state index contributed by atoms with van der Waals surface area (Å²) in [7, 11) is 2.09. The van der Waals surface area contributed by atoms with E-state index in [1.807, 2.05) is 24.3 Å². The molecule has 0 radical (unpaired) electrons. The highest BCUT2D eigenvalue weighted by Gasteiger charge is 2.44. The van der Waals surface area contributed by atoms with E-state index in [0.29, 0.717) is 38.4 Å². The fourth-order valence-electron chi connectivity index (χ4n) is 4.86. The number of rotatable bonds is 4. The number of amides is 1. The van der Waals surface area contributed by atoms with Gasteiger partial charge in [-0.15, -0.1) is 11.5 Å². The van der Waals surface area contributed by atoms with E-state index in [2.05, 4.69) is 31.7 Å². The van der Waals surface area contributed by atoms with Gasteiger partial charge in [0, 0.05) is 49.0 Å². The molecule has 1 saturated heterocycles. The molecule has 2 aromatic heterocycles. The normalized spacial score (nSPS) is 14.1. The lowest BCUT2D eigenvalue weighted by atomic mass is 9.97. The van der Waals surface area contributed by atoms with Gasteiger partial charge in [0.15, 0.2) is 0 Å². The monoisotopic (exact) mass is 595 g/mol. The van der Waals surface area contributed by atoms with Gasteiger partial charge in [-0.25, -0.2) is 9.78 Å². The summed E-state index contributed by atoms with van der Waals surface area (Å²) in [6, 6.07) is 14.3. The van der Waals surface area contributed by atoms with Gasteiger partial charge in [-0.2, -0.15) is 13.2 Å². The van der Waals surface area contributed by atoms with E-state index in [-0.39, 0.29) is 10.8 Å². The van der Waals surface area contributed by atoms with E-state index in [1.165, 1.54) is 6.07 Å². The molecular weight excluding hydrogens is 571 g/mol. The van der Waals surface area contributed by atoms with Crippen molar-refractivity contribution < 1.29 is 27.6 Å². The predicted octanol–water partition coefficient (Wildman–Crippen LogP) is 5.60. The number of nitrogens with zero attached hydrogens (tertiary/aromatic N) is 4. The van der Waals surface area contributed by atoms with Crippen LogP contribution in [0.2, 0.25) is 5.02 Å². The molecule has 12 heteroatoms. The van der Waals surface area contributed by atoms with E-state index in [9.17, 15) is 22.8 Å². The lowest BCUT2D eigenvalue weighted by Crippen LogP contribution is -2.44. The minimum absolute atomic E-state index is 0.140. The number of carbonyl (C=O) groups excluding carboxylic acids is 2. The number of benzene rings is 2. The third-order valence-electron chi connectivity index (χ3n) is 7.10. The van der Waals surface area contributed by atoms with Crippen LogP contribution in [0.4, 0.5) is 24.5 Å². The summed E-state index contributed by atoms with van der Waals surface area (Å²) < 4.78 is 39.1. The zero-order chi connectivity index (χ0) is 30.2. The number of hydrogen-bond donors (Lipinski definition) is 1. The number of H-pyrrole nitrogens is 1. The number of halogens is 4. The Labute approximate surface area is 244 Å². The lowest BCUT2D eigenvalue weighted by molar-refractivity contribution is -0.201. The molecule has 0 unspecified atom stereocenters. The Balaban J connectivity index is 1.62. The molecule has 1 N–H and O–H groups in total. The van der Waals surface area contributed by atoms with Gasteiger partial charge >= 0.3 is 18.1 Å². The molecule has 1 amide bonds. The first-order chi connectivity index (χ1) is 20.0. The average molecular weight is 596 g/mol. The van der Waals surface area contributed by atoms with Crippen LogP contribution in [-0.4, -0.2) is 66.1 Å². The highest BCUT2D eigenvalue weighted by Crippen LogP contribution is 2.42. The fourth-order valence-corrected chi connectivity index (χ4v) is 5.10. The van der Waals surface area contributed by atoms with Gasteiger partial charge in [-0.3, -0.25) is 4.79 Å². The number of carbonyl (C=O) groups is 2. The Morgan fingerprint density at radius 2 is 1.74 bits per heavy atom. The van der Waals surface area contributed by atoms with Crippen molar-refractivity contribution in [3.63, 3.8) is 0 Å². The Kier molecular flexibility index (Phi) is 7.86. The SMILES string of the molecule is C#CC(=O)N(OC(=O)C(F)(F)F)c1cc(-c2c(-c3ccc(N4CCN(C)CC4)cc3)[nH]c3nccc(Cl)c23)ccc1C. The molecule has 0 aliphatic carbocycles. The van der Waals surface area contributed by atoms with Crippen LogP contribution in [0.25, 0.3) is 33.4 Å². The third kappa shape index (κ3) is 5.64. The standard InChI is InChI=1S/C30H25ClF3N5O3/c1-4-24(40)39(42-29(41)30(32,33)34)23-17-20(6-5-18(23)2)25-26-22(31)11-12-35-28(26)36-27(25)19-7-9-21(10-8-19)38-15-13-37(3)14-16-38/h1,5-12,17H,13-16H2,2-3H3,(H,35,36). The summed E-state index contributed by atoms with van der Waals surface area (Å²) in [5.74, 6) is -2.16. The van der Waals surface area contributed by atoms with Crippen LogP contribution in [0.5, 0.6) is 0 Å². The number of terminal acetylenes is 1. The van der Waals surface area contributed by atoms with Crippen molar-refractivity contribution in [3.8, 4) is 34.7 Å². The van der Waals surface area contributed by atoms with Gasteiger partial charge in [0.25, 0.3) is 0 Å². The molecule has 1 aliphatic heterocycles. The van der Waals surface area contributed by atoms with Gasteiger partial charge in [-0.1, -0.05) is 35.9 Å². The van der Waals surface area contributed by atoms with Crippen LogP contribution in [0.1, 0.15) is 5.56 Å². The summed E-state index contributed by atoms with van der Waals surface area (Å²) in [4.78, 5) is 40.9. The maximum absolute atomic E-state index is 13.0. The fraction of sp³-hybridized carbons (Fsp3) is 0.233. The molecule has 0 atom stereocenters. The minimum atomic E-state index is -5.35. The summed E-state index contributed by atoms with van der Waals surface area (Å²) in [6.07, 6.45) is 1.40. The average Bonchev–Trinajstić information content (AvgIpc) is 3.37. The largest absolute Gasteiger partial charge is 0.493 e. The maximum atomic E-state index is 13.0. The van der Waals surface area contributed by atoms with Gasteiger partial charge in [0.2, 0.25) is 0 Å². The second-order valence-electron chi connectivity index (χ2n) is 9.85. The van der Waals surface area contributed by atoms with E-state index < -0.39 is 18.1 Å². The Bertz CT molecular complexity index is 1700. The number of nitrogens with one attached hydrogen (secondary N) is 1. The number of piperazine rings is 1. The molecule has 0 saturated carbocycles. The first-order valence-electron chi connectivity index (χ1n) is 12.9. The summed E-state index contributed by atoms with van der Waals surface area (Å²) >= 11 is 6.62. The molecule has 216 valence electrons. The quantitative estimate of drug-likeness (QED) is 0.244. The molecule has 1 aliphatic rings. The molecule has 4 aromatic rings. The van der Waals surface area contributed by atoms with E-state index >= 15 is 0 Å². The zero-order valence-corrected chi connectivity index (χ0v) is 23.4. The molecule has 0 bridgehead atoms. The van der Waals surface area contributed by atoms with Crippen molar-refractivity contribution in [1.82, 2.24) is 14.9 Å². The molecule has 5 rings (SSSR count). The molecule has 0 spiro atoms. The maximum Gasteiger partial charge on any atom is 0.493 e. The number of aromatic nitrogens is 2. The van der Waals surface area contributed by atoms with Crippen LogP contribution in [0.15, 0.2) is 54.7 Å². The Morgan fingerprint density at radius 3 is 2.38 bits per heavy atom. The number of pyridine rings is 1. The number of aromatic amines is 1. The first kappa shape index (κ1) is 29.0. The van der Waals surface area contributed by atoms with Crippen LogP contribution in [0.3, 0.4) is 0 Å². The second-order valence-corrected chi connectivity index (χ2v) is 10.3. The summed E-state index contributed by atoms with van der Waals surface area (Å²) in [5.41, 5.74) is 4.26. The van der Waals surface area contributed by atoms with Crippen molar-refractivity contribution in [2.24, 2.45) is 0 Å². The predicted molar refractivity (Wildman–Crippen MR) is 155 cm³/mol. The van der Waals surface area contributed by atoms with Crippen LogP contribution in [-0.2, 0) is 14.4 Å². The van der Waals surface area contributed by atoms with Gasteiger partial charge in [0.1, 0.15) is 5.65 Å². The summed E-state index contributed by atoms with van der Waals surface area (Å²) in [5, 5.41) is 1.12. The smallest absolute Gasteiger partial charge is 0.369 e. The highest BCUT2D eigenvalue weighted by atomic mass is 35.5. The highest BCUT2D eigenvalue weighted by molar-refractivity contribution is 6.36. The van der Waals surface area contributed by atoms with Crippen molar-refractivity contribution >= 4 is 45.9 Å². The van der Waals surface area contributed by atoms with Gasteiger partial charge in [0.05, 0.1) is 16.4 Å². The number of anilines is 2. The van der Waals surface area contributed by atoms with Gasteiger partial charge < -0.3 is 19.6 Å². The Morgan fingerprint density at radius 1 is 1.07 bits per heavy atom. The number of alkyl halides is 3. The third-order valence-corrected chi connectivity index (χ3v) is 7.41. The van der Waals surface area contributed by atoms with Crippen molar-refractivity contribution in [2.45, 2.75) is 13.1 Å². The van der Waals surface area contributed by atoms with Crippen molar-refractivity contribution in [2.75, 3.05) is 43.2 Å². The number of hydroxylamine groups is 1. The first-order valence-corrected chi connectivity index (χ1v) is 13.3. The molecule has 1 fully saturated rings. The molecule has 3 heterocycles. The number of aryl methyl sites for hydroxylation is 1. The number of fused-ring (bicyclic) bond motifs is 1. The molecule has 2 aromatic carbocycles. The van der Waals surface area contributed by atoms with Crippen molar-refractivity contribution in [1.29, 1.82) is 0 Å². The topological polar surface area (TPSA) is 81.8 Å². The lowest BCUT2D eigenvalue weighted by Gasteiger charge is -2.34. The number of likely N-dealkylation sites (N-methyl/N-ethyl adjacent to an activating group) is 1. The second kappa shape index (κ2) is 11.4. The van der Waals surface area contributed by atoms with E-state index in [1.54, 1.807) is 37.2 Å². The minimum Gasteiger partial charge on any atom is -0.369 e. The van der Waals surface area contributed by atoms with Crippen molar-refractivity contribution in [3.05, 3.63) is 65.3 Å². The van der Waals surface area contributed by atoms with Crippen LogP contribution in [0, 0.1) is 19.3 Å².